The van der Waals surface area contributed by atoms with Gasteiger partial charge in [-0.1, -0.05) is 0 Å². The van der Waals surface area contributed by atoms with Crippen LogP contribution >= 0.6 is 24.4 Å². The lowest BCUT2D eigenvalue weighted by Gasteiger charge is -2.14. The summed E-state index contributed by atoms with van der Waals surface area (Å²) in [6.07, 6.45) is -9.28. The Morgan fingerprint density at radius 2 is 1.50 bits per heavy atom. The Hall–Kier alpha value is 0.280. The molecule has 0 rings (SSSR count). The maximum absolute atomic E-state index is 11.6. The van der Waals surface area contributed by atoms with Crippen LogP contribution in [0, 0.1) is 0 Å². The van der Waals surface area contributed by atoms with E-state index < -0.39 is 22.7 Å². The molecule has 1 unspecified atom stereocenters. The minimum absolute atomic E-state index is 0.296. The van der Waals surface area contributed by atoms with Crippen molar-refractivity contribution in [3.05, 3.63) is 0 Å². The van der Waals surface area contributed by atoms with Gasteiger partial charge < -0.3 is 0 Å². The van der Waals surface area contributed by atoms with Gasteiger partial charge in [0.05, 0.1) is 5.75 Å². The van der Waals surface area contributed by atoms with Crippen molar-refractivity contribution in [1.29, 1.82) is 0 Å². The summed E-state index contributed by atoms with van der Waals surface area (Å²) in [6, 6.07) is 0. The first-order valence-electron chi connectivity index (χ1n) is 2.56. The lowest BCUT2D eigenvalue weighted by atomic mass is 10.8. The monoisotopic (exact) mass is 230 g/mol. The summed E-state index contributed by atoms with van der Waals surface area (Å²) in [5.41, 5.74) is 0. The van der Waals surface area contributed by atoms with Crippen molar-refractivity contribution >= 4 is 24.4 Å². The van der Waals surface area contributed by atoms with Crippen LogP contribution in [0.2, 0.25) is 0 Å². The topological polar surface area (TPSA) is 0 Å². The molecule has 0 aromatic carbocycles. The van der Waals surface area contributed by atoms with E-state index in [0.29, 0.717) is 0 Å². The molecule has 0 spiro atoms. The van der Waals surface area contributed by atoms with Crippen molar-refractivity contribution in [2.24, 2.45) is 0 Å². The summed E-state index contributed by atoms with van der Waals surface area (Å²) in [7, 11) is 0. The smallest absolute Gasteiger partial charge is 0.170 e. The van der Waals surface area contributed by atoms with E-state index in [0.717, 1.165) is 0 Å². The highest BCUT2D eigenvalue weighted by molar-refractivity contribution is 8.10. The van der Waals surface area contributed by atoms with E-state index in [4.69, 9.17) is 0 Å². The fourth-order valence-electron chi connectivity index (χ4n) is 0.268. The molecule has 0 nitrogen and oxygen atoms in total. The molecule has 0 amide bonds. The summed E-state index contributed by atoms with van der Waals surface area (Å²) in [5, 5.41) is 0. The summed E-state index contributed by atoms with van der Waals surface area (Å²) < 4.78 is 66.5. The fraction of sp³-hybridized carbons (Fsp3) is 1.00. The molecule has 0 aliphatic carbocycles. The Morgan fingerprint density at radius 1 is 1.08 bits per heavy atom. The zero-order valence-electron chi connectivity index (χ0n) is 5.41. The van der Waals surface area contributed by atoms with E-state index in [2.05, 4.69) is 12.6 Å². The molecule has 1 atom stereocenters. The van der Waals surface area contributed by atoms with Gasteiger partial charge in [0.25, 0.3) is 0 Å². The molecule has 0 radical (unpaired) electrons. The van der Waals surface area contributed by atoms with Gasteiger partial charge in [0.15, 0.2) is 0 Å². The molecule has 8 heteroatoms. The van der Waals surface area contributed by atoms with Gasteiger partial charge in [-0.05, 0) is 0 Å². The minimum Gasteiger partial charge on any atom is -0.170 e. The molecule has 0 aromatic rings. The van der Waals surface area contributed by atoms with Crippen molar-refractivity contribution in [2.75, 3.05) is 5.75 Å². The van der Waals surface area contributed by atoms with Gasteiger partial charge in [-0.15, -0.1) is 11.8 Å². The van der Waals surface area contributed by atoms with Crippen LogP contribution in [0.25, 0.3) is 0 Å². The van der Waals surface area contributed by atoms with E-state index in [9.17, 15) is 26.3 Å². The molecule has 0 N–H and O–H groups in total. The maximum Gasteiger partial charge on any atom is 0.409 e. The number of hydrogen-bond acceptors (Lipinski definition) is 2. The van der Waals surface area contributed by atoms with E-state index in [1.54, 1.807) is 0 Å². The average molecular weight is 230 g/mol. The van der Waals surface area contributed by atoms with Gasteiger partial charge in [-0.2, -0.15) is 39.0 Å². The van der Waals surface area contributed by atoms with E-state index in [-0.39, 0.29) is 11.8 Å². The van der Waals surface area contributed by atoms with Crippen molar-refractivity contribution < 1.29 is 26.3 Å². The zero-order chi connectivity index (χ0) is 9.99. The Morgan fingerprint density at radius 3 is 1.75 bits per heavy atom. The van der Waals surface area contributed by atoms with Gasteiger partial charge in [0.1, 0.15) is 4.58 Å². The third-order valence-electron chi connectivity index (χ3n) is 0.685. The number of rotatable bonds is 2. The Balaban J connectivity index is 3.80. The quantitative estimate of drug-likeness (QED) is 0.432. The van der Waals surface area contributed by atoms with Crippen molar-refractivity contribution in [3.63, 3.8) is 0 Å². The predicted octanol–water partition coefficient (Wildman–Crippen LogP) is 3.10. The summed E-state index contributed by atoms with van der Waals surface area (Å²) in [4.78, 5) is 0. The van der Waals surface area contributed by atoms with Crippen LogP contribution < -0.4 is 0 Å². The second kappa shape index (κ2) is 3.99. The maximum atomic E-state index is 11.6. The number of halogens is 6. The molecule has 0 saturated carbocycles. The van der Waals surface area contributed by atoms with Crippen LogP contribution in [0.3, 0.4) is 0 Å². The molecule has 0 aromatic heterocycles. The molecule has 0 aliphatic heterocycles. The summed E-state index contributed by atoms with van der Waals surface area (Å²) >= 11 is 2.66. The molecule has 74 valence electrons. The largest absolute Gasteiger partial charge is 0.409 e. The standard InChI is InChI=1S/C4H4F6S2/c5-3(6,7)1-12-2(11)4(8,9)10/h2,11H,1H2. The lowest BCUT2D eigenvalue weighted by Crippen LogP contribution is -2.23. The van der Waals surface area contributed by atoms with Crippen molar-refractivity contribution in [2.45, 2.75) is 16.9 Å². The third kappa shape index (κ3) is 5.87. The van der Waals surface area contributed by atoms with E-state index in [1.165, 1.54) is 0 Å². The minimum atomic E-state index is -4.70. The highest BCUT2D eigenvalue weighted by Gasteiger charge is 2.40. The van der Waals surface area contributed by atoms with Gasteiger partial charge in [-0.25, -0.2) is 0 Å². The lowest BCUT2D eigenvalue weighted by molar-refractivity contribution is -0.114. The van der Waals surface area contributed by atoms with Crippen molar-refractivity contribution in [3.8, 4) is 0 Å². The predicted molar refractivity (Wildman–Crippen MR) is 37.3 cm³/mol. The third-order valence-corrected chi connectivity index (χ3v) is 2.50. The molecular weight excluding hydrogens is 226 g/mol. The van der Waals surface area contributed by atoms with Gasteiger partial charge in [0.2, 0.25) is 0 Å². The molecule has 0 heterocycles. The van der Waals surface area contributed by atoms with Crippen LogP contribution in [-0.2, 0) is 0 Å². The van der Waals surface area contributed by atoms with Crippen molar-refractivity contribution in [1.82, 2.24) is 0 Å². The second-order valence-corrected chi connectivity index (χ2v) is 3.78. The Kier molecular flexibility index (Phi) is 4.09. The summed E-state index contributed by atoms with van der Waals surface area (Å²) in [6.45, 7) is 0. The SMILES string of the molecule is FC(F)(F)CSC(S)C(F)(F)F. The zero-order valence-corrected chi connectivity index (χ0v) is 7.12. The molecule has 0 fully saturated rings. The van der Waals surface area contributed by atoms with Crippen LogP contribution in [0.4, 0.5) is 26.3 Å². The molecule has 0 aliphatic rings. The molecular formula is C4H4F6S2. The first-order valence-corrected chi connectivity index (χ1v) is 4.12. The highest BCUT2D eigenvalue weighted by atomic mass is 32.2. The van der Waals surface area contributed by atoms with Gasteiger partial charge in [0, 0.05) is 0 Å². The number of thioether (sulfide) groups is 1. The molecule has 0 saturated heterocycles. The van der Waals surface area contributed by atoms with Gasteiger partial charge in [-0.3, -0.25) is 0 Å². The van der Waals surface area contributed by atoms with E-state index in [1.807, 2.05) is 0 Å². The average Bonchev–Trinajstić information content (AvgIpc) is 1.78. The van der Waals surface area contributed by atoms with Crippen LogP contribution in [0.1, 0.15) is 0 Å². The van der Waals surface area contributed by atoms with Gasteiger partial charge >= 0.3 is 12.4 Å². The molecule has 0 bridgehead atoms. The number of thiol groups is 1. The van der Waals surface area contributed by atoms with Crippen LogP contribution in [0.5, 0.6) is 0 Å². The summed E-state index contributed by atoms with van der Waals surface area (Å²) in [5.74, 6) is -1.54. The second-order valence-electron chi connectivity index (χ2n) is 1.82. The van der Waals surface area contributed by atoms with Crippen LogP contribution in [-0.4, -0.2) is 22.7 Å². The normalized spacial score (nSPS) is 16.2. The first-order chi connectivity index (χ1) is 5.13. The molecule has 12 heavy (non-hydrogen) atoms. The Labute approximate surface area is 74.1 Å². The number of alkyl halides is 6. The number of hydrogen-bond donors (Lipinski definition) is 1. The Bertz CT molecular complexity index is 137. The highest BCUT2D eigenvalue weighted by Crippen LogP contribution is 2.35. The first kappa shape index (κ1) is 12.3. The van der Waals surface area contributed by atoms with Crippen LogP contribution in [0.15, 0.2) is 0 Å². The van der Waals surface area contributed by atoms with E-state index >= 15 is 0 Å². The fourth-order valence-corrected chi connectivity index (χ4v) is 1.03.